The monoisotopic (exact) mass is 580 g/mol. The molecule has 11 nitrogen and oxygen atoms in total. The van der Waals surface area contributed by atoms with Crippen LogP contribution in [0.1, 0.15) is 72.6 Å². The third kappa shape index (κ3) is 5.22. The number of ether oxygens (including phenoxy) is 5. The standard InChI is InChI=1S/C30H44O11/c1-14(31)38-17-8-10-29(3)16(12-17)13-20(40-28-23(26(35)37-5)24(33)25(34)27(36)41-28)22-18-6-7-21(39-15(2)32)30(18,4)11-9-19(22)29/h13,17-25,27-28,33-34,36H,6-12H2,1-5H3/t17?,18?,19?,20-,21-,22?,23?,24?,25?,27?,28?,29-,30-/m0/s1. The molecule has 9 unspecified atom stereocenters. The molecule has 0 aromatic rings. The number of hydrogen-bond donors (Lipinski definition) is 3. The van der Waals surface area contributed by atoms with Crippen LogP contribution in [0.2, 0.25) is 0 Å². The van der Waals surface area contributed by atoms with E-state index < -0.39 is 42.8 Å². The number of aliphatic hydroxyl groups is 3. The molecular formula is C30H44O11. The van der Waals surface area contributed by atoms with Crippen LogP contribution in [0.3, 0.4) is 0 Å². The van der Waals surface area contributed by atoms with Gasteiger partial charge in [0.2, 0.25) is 0 Å². The fourth-order valence-corrected chi connectivity index (χ4v) is 8.90. The van der Waals surface area contributed by atoms with E-state index in [1.54, 1.807) is 0 Å². The maximum absolute atomic E-state index is 12.7. The molecule has 5 rings (SSSR count). The van der Waals surface area contributed by atoms with E-state index in [0.29, 0.717) is 6.42 Å². The molecule has 4 fully saturated rings. The summed E-state index contributed by atoms with van der Waals surface area (Å²) in [5, 5.41) is 31.3. The maximum Gasteiger partial charge on any atom is 0.316 e. The van der Waals surface area contributed by atoms with Crippen LogP contribution in [0.5, 0.6) is 0 Å². The molecule has 11 heteroatoms. The SMILES string of the molecule is COC(=O)C1C(O[C@H]2C=C3CC(OC(C)=O)CC[C@]3(C)C3CC[C@@]4(C)C(CC[C@@H]4OC(C)=O)C32)OC(O)C(O)C1O. The predicted octanol–water partition coefficient (Wildman–Crippen LogP) is 1.99. The van der Waals surface area contributed by atoms with Crippen molar-refractivity contribution in [2.75, 3.05) is 7.11 Å². The summed E-state index contributed by atoms with van der Waals surface area (Å²) < 4.78 is 28.5. The molecule has 0 amide bonds. The molecule has 0 spiro atoms. The van der Waals surface area contributed by atoms with Gasteiger partial charge in [0.15, 0.2) is 12.6 Å². The minimum absolute atomic E-state index is 0.0311. The highest BCUT2D eigenvalue weighted by Gasteiger charge is 2.63. The molecular weight excluding hydrogens is 536 g/mol. The highest BCUT2D eigenvalue weighted by Crippen LogP contribution is 2.66. The molecule has 3 N–H and O–H groups in total. The van der Waals surface area contributed by atoms with Gasteiger partial charge in [0, 0.05) is 25.7 Å². The van der Waals surface area contributed by atoms with Gasteiger partial charge in [-0.2, -0.15) is 0 Å². The minimum atomic E-state index is -1.76. The summed E-state index contributed by atoms with van der Waals surface area (Å²) in [5.74, 6) is -2.53. The van der Waals surface area contributed by atoms with Crippen LogP contribution in [0.25, 0.3) is 0 Å². The number of hydrogen-bond acceptors (Lipinski definition) is 11. The number of fused-ring (bicyclic) bond motifs is 5. The molecule has 0 aromatic heterocycles. The summed E-state index contributed by atoms with van der Waals surface area (Å²) in [4.78, 5) is 36.4. The van der Waals surface area contributed by atoms with Crippen LogP contribution in [0.15, 0.2) is 11.6 Å². The fraction of sp³-hybridized carbons (Fsp3) is 0.833. The second-order valence-electron chi connectivity index (χ2n) is 13.1. The summed E-state index contributed by atoms with van der Waals surface area (Å²) in [7, 11) is 1.17. The number of esters is 3. The van der Waals surface area contributed by atoms with E-state index in [4.69, 9.17) is 23.7 Å². The first-order valence-corrected chi connectivity index (χ1v) is 14.8. The van der Waals surface area contributed by atoms with Gasteiger partial charge in [0.05, 0.1) is 13.2 Å². The second-order valence-corrected chi connectivity index (χ2v) is 13.1. The highest BCUT2D eigenvalue weighted by molar-refractivity contribution is 5.73. The molecule has 13 atom stereocenters. The van der Waals surface area contributed by atoms with Crippen LogP contribution in [0.4, 0.5) is 0 Å². The molecule has 4 aliphatic carbocycles. The van der Waals surface area contributed by atoms with E-state index >= 15 is 0 Å². The van der Waals surface area contributed by atoms with Crippen molar-refractivity contribution in [2.24, 2.45) is 34.5 Å². The first-order valence-electron chi connectivity index (χ1n) is 14.8. The van der Waals surface area contributed by atoms with Gasteiger partial charge in [-0.1, -0.05) is 25.5 Å². The molecule has 41 heavy (non-hydrogen) atoms. The Hall–Kier alpha value is -2.05. The first kappa shape index (κ1) is 30.4. The lowest BCUT2D eigenvalue weighted by Crippen LogP contribution is -2.60. The van der Waals surface area contributed by atoms with E-state index in [1.165, 1.54) is 21.0 Å². The van der Waals surface area contributed by atoms with E-state index in [1.807, 2.05) is 0 Å². The molecule has 3 saturated carbocycles. The van der Waals surface area contributed by atoms with Crippen molar-refractivity contribution in [3.05, 3.63) is 11.6 Å². The third-order valence-electron chi connectivity index (χ3n) is 11.0. The van der Waals surface area contributed by atoms with Gasteiger partial charge in [-0.15, -0.1) is 0 Å². The second kappa shape index (κ2) is 11.2. The Bertz CT molecular complexity index is 1070. The number of rotatable bonds is 5. The Balaban J connectivity index is 1.53. The van der Waals surface area contributed by atoms with E-state index in [-0.39, 0.29) is 52.7 Å². The smallest absolute Gasteiger partial charge is 0.316 e. The largest absolute Gasteiger partial charge is 0.469 e. The molecule has 0 bridgehead atoms. The number of aliphatic hydroxyl groups excluding tert-OH is 3. The Morgan fingerprint density at radius 3 is 2.29 bits per heavy atom. The van der Waals surface area contributed by atoms with Crippen molar-refractivity contribution in [1.29, 1.82) is 0 Å². The van der Waals surface area contributed by atoms with Crippen molar-refractivity contribution in [1.82, 2.24) is 0 Å². The lowest BCUT2D eigenvalue weighted by Gasteiger charge is -2.59. The van der Waals surface area contributed by atoms with E-state index in [0.717, 1.165) is 44.1 Å². The van der Waals surface area contributed by atoms with Crippen LogP contribution in [0, 0.1) is 34.5 Å². The minimum Gasteiger partial charge on any atom is -0.469 e. The van der Waals surface area contributed by atoms with Gasteiger partial charge < -0.3 is 39.0 Å². The van der Waals surface area contributed by atoms with Crippen molar-refractivity contribution in [3.8, 4) is 0 Å². The maximum atomic E-state index is 12.7. The zero-order valence-corrected chi connectivity index (χ0v) is 24.5. The molecule has 230 valence electrons. The number of methoxy groups -OCH3 is 1. The highest BCUT2D eigenvalue weighted by atomic mass is 16.7. The van der Waals surface area contributed by atoms with Gasteiger partial charge in [-0.05, 0) is 61.7 Å². The van der Waals surface area contributed by atoms with Crippen LogP contribution < -0.4 is 0 Å². The number of carbonyl (C=O) groups is 3. The summed E-state index contributed by atoms with van der Waals surface area (Å²) in [6, 6.07) is 0. The van der Waals surface area contributed by atoms with Gasteiger partial charge in [-0.25, -0.2) is 0 Å². The summed E-state index contributed by atoms with van der Waals surface area (Å²) in [6.45, 7) is 7.30. The molecule has 1 heterocycles. The van der Waals surface area contributed by atoms with Crippen LogP contribution in [-0.2, 0) is 38.1 Å². The zero-order valence-electron chi connectivity index (χ0n) is 24.5. The van der Waals surface area contributed by atoms with Gasteiger partial charge in [-0.3, -0.25) is 14.4 Å². The molecule has 1 saturated heterocycles. The fourth-order valence-electron chi connectivity index (χ4n) is 8.90. The summed E-state index contributed by atoms with van der Waals surface area (Å²) >= 11 is 0. The van der Waals surface area contributed by atoms with Gasteiger partial charge >= 0.3 is 17.9 Å². The lowest BCUT2D eigenvalue weighted by molar-refractivity contribution is -0.337. The predicted molar refractivity (Wildman–Crippen MR) is 141 cm³/mol. The Morgan fingerprint density at radius 1 is 0.927 bits per heavy atom. The zero-order chi connectivity index (χ0) is 29.9. The van der Waals surface area contributed by atoms with E-state index in [2.05, 4.69) is 19.9 Å². The van der Waals surface area contributed by atoms with Crippen LogP contribution >= 0.6 is 0 Å². The van der Waals surface area contributed by atoms with Crippen molar-refractivity contribution < 1.29 is 53.4 Å². The molecule has 5 aliphatic rings. The quantitative estimate of drug-likeness (QED) is 0.248. The Kier molecular flexibility index (Phi) is 8.32. The van der Waals surface area contributed by atoms with Gasteiger partial charge in [0.25, 0.3) is 0 Å². The van der Waals surface area contributed by atoms with Crippen molar-refractivity contribution in [2.45, 2.75) is 116 Å². The van der Waals surface area contributed by atoms with Gasteiger partial charge in [0.1, 0.15) is 30.3 Å². The molecule has 1 aliphatic heterocycles. The van der Waals surface area contributed by atoms with Crippen LogP contribution in [-0.4, -0.2) is 83.4 Å². The summed E-state index contributed by atoms with van der Waals surface area (Å²) in [5.41, 5.74) is 0.688. The van der Waals surface area contributed by atoms with E-state index in [9.17, 15) is 29.7 Å². The normalized spacial score (nSPS) is 47.2. The third-order valence-corrected chi connectivity index (χ3v) is 11.0. The Morgan fingerprint density at radius 2 is 1.63 bits per heavy atom. The average Bonchev–Trinajstić information content (AvgIpc) is 3.22. The average molecular weight is 581 g/mol. The Labute approximate surface area is 240 Å². The van der Waals surface area contributed by atoms with Crippen molar-refractivity contribution >= 4 is 17.9 Å². The topological polar surface area (TPSA) is 158 Å². The first-order chi connectivity index (χ1) is 19.3. The molecule has 0 aromatic carbocycles. The molecule has 0 radical (unpaired) electrons. The summed E-state index contributed by atoms with van der Waals surface area (Å²) in [6.07, 6.45) is 0.0151. The lowest BCUT2D eigenvalue weighted by atomic mass is 9.47. The van der Waals surface area contributed by atoms with Crippen molar-refractivity contribution in [3.63, 3.8) is 0 Å². The number of carbonyl (C=O) groups excluding carboxylic acids is 3.